The van der Waals surface area contributed by atoms with Crippen molar-refractivity contribution in [2.45, 2.75) is 45.7 Å². The van der Waals surface area contributed by atoms with Crippen LogP contribution in [0.4, 0.5) is 0 Å². The summed E-state index contributed by atoms with van der Waals surface area (Å²) in [5.74, 6) is 0.438. The second-order valence-electron chi connectivity index (χ2n) is 5.69. The molecule has 1 aromatic carbocycles. The first-order chi connectivity index (χ1) is 9.88. The fourth-order valence-electron chi connectivity index (χ4n) is 2.06. The molecule has 0 aliphatic carbocycles. The molecule has 0 bridgehead atoms. The molecule has 2 aromatic rings. The first-order valence-corrected chi connectivity index (χ1v) is 9.10. The number of hydrogen-bond acceptors (Lipinski definition) is 3. The summed E-state index contributed by atoms with van der Waals surface area (Å²) in [5.41, 5.74) is 2.20. The largest absolute Gasteiger partial charge is 0.302 e. The second-order valence-corrected chi connectivity index (χ2v) is 7.90. The topological polar surface area (TPSA) is 24.9 Å². The van der Waals surface area contributed by atoms with E-state index in [0.717, 1.165) is 25.8 Å². The molecule has 0 aliphatic heterocycles. The standard InChI is InChI=1S/C16H20BrClN2S/c1-9(2)14-8-21-16(20-14)15(19-10(3)4)12-7-11(17)5-6-13(12)18/h5-10,15,19H,1-4H3. The minimum atomic E-state index is 0.0208. The van der Waals surface area contributed by atoms with Crippen LogP contribution >= 0.6 is 38.9 Å². The summed E-state index contributed by atoms with van der Waals surface area (Å²) in [6.07, 6.45) is 0. The predicted molar refractivity (Wildman–Crippen MR) is 95.5 cm³/mol. The summed E-state index contributed by atoms with van der Waals surface area (Å²) < 4.78 is 1.03. The van der Waals surface area contributed by atoms with E-state index in [-0.39, 0.29) is 6.04 Å². The number of hydrogen-bond donors (Lipinski definition) is 1. The third kappa shape index (κ3) is 4.28. The van der Waals surface area contributed by atoms with E-state index in [0.29, 0.717) is 12.0 Å². The van der Waals surface area contributed by atoms with E-state index in [1.807, 2.05) is 12.1 Å². The van der Waals surface area contributed by atoms with E-state index in [4.69, 9.17) is 16.6 Å². The van der Waals surface area contributed by atoms with E-state index >= 15 is 0 Å². The number of aromatic nitrogens is 1. The maximum Gasteiger partial charge on any atom is 0.114 e. The molecule has 0 saturated carbocycles. The zero-order valence-corrected chi connectivity index (χ0v) is 15.8. The number of nitrogens with zero attached hydrogens (tertiary/aromatic N) is 1. The van der Waals surface area contributed by atoms with Crippen LogP contribution in [0, 0.1) is 0 Å². The number of rotatable bonds is 5. The highest BCUT2D eigenvalue weighted by Gasteiger charge is 2.22. The van der Waals surface area contributed by atoms with Crippen LogP contribution in [0.2, 0.25) is 5.02 Å². The van der Waals surface area contributed by atoms with Gasteiger partial charge in [-0.1, -0.05) is 41.4 Å². The van der Waals surface area contributed by atoms with Gasteiger partial charge in [0.05, 0.1) is 11.7 Å². The van der Waals surface area contributed by atoms with Crippen molar-refractivity contribution in [2.24, 2.45) is 0 Å². The van der Waals surface area contributed by atoms with E-state index < -0.39 is 0 Å². The van der Waals surface area contributed by atoms with Gasteiger partial charge >= 0.3 is 0 Å². The number of thiazole rings is 1. The molecule has 1 N–H and O–H groups in total. The summed E-state index contributed by atoms with van der Waals surface area (Å²) in [7, 11) is 0. The van der Waals surface area contributed by atoms with Gasteiger partial charge in [-0.3, -0.25) is 0 Å². The number of halogens is 2. The Morgan fingerprint density at radius 1 is 1.24 bits per heavy atom. The molecule has 0 fully saturated rings. The molecular weight excluding hydrogens is 368 g/mol. The van der Waals surface area contributed by atoms with Crippen molar-refractivity contribution < 1.29 is 0 Å². The van der Waals surface area contributed by atoms with Gasteiger partial charge in [0.1, 0.15) is 5.01 Å². The van der Waals surface area contributed by atoms with Crippen LogP contribution in [0.1, 0.15) is 55.9 Å². The lowest BCUT2D eigenvalue weighted by atomic mass is 10.1. The van der Waals surface area contributed by atoms with Crippen molar-refractivity contribution in [3.8, 4) is 0 Å². The van der Waals surface area contributed by atoms with Gasteiger partial charge < -0.3 is 5.32 Å². The van der Waals surface area contributed by atoms with Crippen molar-refractivity contribution >= 4 is 38.9 Å². The Balaban J connectivity index is 2.44. The molecule has 0 saturated heterocycles. The SMILES string of the molecule is CC(C)NC(c1nc(C(C)C)cs1)c1cc(Br)ccc1Cl. The summed E-state index contributed by atoms with van der Waals surface area (Å²) in [6, 6.07) is 6.31. The monoisotopic (exact) mass is 386 g/mol. The van der Waals surface area contributed by atoms with Crippen molar-refractivity contribution in [3.05, 3.63) is 49.3 Å². The Hall–Kier alpha value is -0.420. The lowest BCUT2D eigenvalue weighted by Crippen LogP contribution is -2.29. The average Bonchev–Trinajstić information content (AvgIpc) is 2.88. The van der Waals surface area contributed by atoms with Crippen molar-refractivity contribution in [1.29, 1.82) is 0 Å². The minimum absolute atomic E-state index is 0.0208. The zero-order valence-electron chi connectivity index (χ0n) is 12.7. The highest BCUT2D eigenvalue weighted by molar-refractivity contribution is 9.10. The third-order valence-electron chi connectivity index (χ3n) is 3.15. The van der Waals surface area contributed by atoms with E-state index in [1.54, 1.807) is 11.3 Å². The zero-order chi connectivity index (χ0) is 15.6. The predicted octanol–water partition coefficient (Wildman–Crippen LogP) is 5.77. The van der Waals surface area contributed by atoms with Gasteiger partial charge in [-0.25, -0.2) is 4.98 Å². The molecule has 2 rings (SSSR count). The van der Waals surface area contributed by atoms with Gasteiger partial charge in [-0.05, 0) is 43.5 Å². The molecular formula is C16H20BrClN2S. The summed E-state index contributed by atoms with van der Waals surface area (Å²) in [4.78, 5) is 4.79. The quantitative estimate of drug-likeness (QED) is 0.704. The molecule has 0 amide bonds. The van der Waals surface area contributed by atoms with E-state index in [2.05, 4.69) is 60.4 Å². The fraction of sp³-hybridized carbons (Fsp3) is 0.438. The first-order valence-electron chi connectivity index (χ1n) is 7.04. The van der Waals surface area contributed by atoms with Gasteiger partial charge in [-0.2, -0.15) is 0 Å². The maximum atomic E-state index is 6.41. The van der Waals surface area contributed by atoms with Gasteiger partial charge in [0.25, 0.3) is 0 Å². The minimum Gasteiger partial charge on any atom is -0.302 e. The average molecular weight is 388 g/mol. The molecule has 21 heavy (non-hydrogen) atoms. The molecule has 1 heterocycles. The van der Waals surface area contributed by atoms with Crippen molar-refractivity contribution in [3.63, 3.8) is 0 Å². The highest BCUT2D eigenvalue weighted by Crippen LogP contribution is 2.33. The van der Waals surface area contributed by atoms with Gasteiger partial charge in [0.15, 0.2) is 0 Å². The van der Waals surface area contributed by atoms with Crippen LogP contribution in [0.5, 0.6) is 0 Å². The van der Waals surface area contributed by atoms with Gasteiger partial charge in [-0.15, -0.1) is 11.3 Å². The molecule has 5 heteroatoms. The molecule has 0 spiro atoms. The van der Waals surface area contributed by atoms with Gasteiger partial charge in [0, 0.05) is 20.9 Å². The van der Waals surface area contributed by atoms with Gasteiger partial charge in [0.2, 0.25) is 0 Å². The van der Waals surface area contributed by atoms with Crippen LogP contribution in [0.15, 0.2) is 28.1 Å². The Bertz CT molecular complexity index is 610. The van der Waals surface area contributed by atoms with E-state index in [1.165, 1.54) is 0 Å². The Morgan fingerprint density at radius 2 is 1.95 bits per heavy atom. The molecule has 0 radical (unpaired) electrons. The number of nitrogens with one attached hydrogen (secondary N) is 1. The fourth-order valence-corrected chi connectivity index (χ4v) is 3.72. The molecule has 1 unspecified atom stereocenters. The van der Waals surface area contributed by atoms with Crippen molar-refractivity contribution in [1.82, 2.24) is 10.3 Å². The molecule has 2 nitrogen and oxygen atoms in total. The Labute approximate surface area is 144 Å². The smallest absolute Gasteiger partial charge is 0.114 e. The van der Waals surface area contributed by atoms with Crippen LogP contribution in [0.25, 0.3) is 0 Å². The van der Waals surface area contributed by atoms with Crippen LogP contribution < -0.4 is 5.32 Å². The van der Waals surface area contributed by atoms with Crippen LogP contribution in [-0.2, 0) is 0 Å². The highest BCUT2D eigenvalue weighted by atomic mass is 79.9. The van der Waals surface area contributed by atoms with Crippen molar-refractivity contribution in [2.75, 3.05) is 0 Å². The first kappa shape index (κ1) is 16.9. The Morgan fingerprint density at radius 3 is 2.52 bits per heavy atom. The normalized spacial score (nSPS) is 13.1. The van der Waals surface area contributed by atoms with Crippen LogP contribution in [0.3, 0.4) is 0 Å². The molecule has 0 aliphatic rings. The summed E-state index contributed by atoms with van der Waals surface area (Å²) >= 11 is 11.6. The lowest BCUT2D eigenvalue weighted by Gasteiger charge is -2.21. The molecule has 1 atom stereocenters. The summed E-state index contributed by atoms with van der Waals surface area (Å²) in [5, 5.41) is 7.54. The third-order valence-corrected chi connectivity index (χ3v) is 4.91. The second kappa shape index (κ2) is 7.23. The molecule has 1 aromatic heterocycles. The van der Waals surface area contributed by atoms with E-state index in [9.17, 15) is 0 Å². The Kier molecular flexibility index (Phi) is 5.83. The maximum absolute atomic E-state index is 6.41. The molecule has 114 valence electrons. The summed E-state index contributed by atoms with van der Waals surface area (Å²) in [6.45, 7) is 8.59. The number of benzene rings is 1. The lowest BCUT2D eigenvalue weighted by molar-refractivity contribution is 0.525. The van der Waals surface area contributed by atoms with Crippen LogP contribution in [-0.4, -0.2) is 11.0 Å².